The highest BCUT2D eigenvalue weighted by molar-refractivity contribution is 5.96. The van der Waals surface area contributed by atoms with Crippen LogP contribution in [0.25, 0.3) is 10.9 Å². The van der Waals surface area contributed by atoms with Gasteiger partial charge in [-0.3, -0.25) is 0 Å². The van der Waals surface area contributed by atoms with Crippen molar-refractivity contribution in [1.29, 1.82) is 0 Å². The monoisotopic (exact) mass is 285 g/mol. The molecule has 0 atom stereocenters. The minimum Gasteiger partial charge on any atom is -0.478 e. The molecule has 0 bridgehead atoms. The Kier molecular flexibility index (Phi) is 3.73. The van der Waals surface area contributed by atoms with E-state index in [1.165, 1.54) is 19.2 Å². The molecule has 1 fully saturated rings. The zero-order chi connectivity index (χ0) is 14.8. The fourth-order valence-electron chi connectivity index (χ4n) is 2.58. The van der Waals surface area contributed by atoms with Gasteiger partial charge < -0.3 is 10.0 Å². The summed E-state index contributed by atoms with van der Waals surface area (Å²) in [6.07, 6.45) is 6.24. The van der Waals surface area contributed by atoms with E-state index in [1.54, 1.807) is 12.1 Å². The second-order valence-electron chi connectivity index (χ2n) is 5.51. The molecule has 0 saturated heterocycles. The average molecular weight is 285 g/mol. The first-order valence-electron chi connectivity index (χ1n) is 7.45. The molecular weight excluding hydrogens is 266 g/mol. The number of nitrogens with zero attached hydrogens (tertiary/aromatic N) is 3. The first-order chi connectivity index (χ1) is 10.2. The van der Waals surface area contributed by atoms with Crippen LogP contribution in [0.3, 0.4) is 0 Å². The molecule has 0 spiro atoms. The number of benzene rings is 1. The molecule has 1 heterocycles. The van der Waals surface area contributed by atoms with Gasteiger partial charge in [-0.2, -0.15) is 0 Å². The van der Waals surface area contributed by atoms with Gasteiger partial charge in [0.1, 0.15) is 12.1 Å². The highest BCUT2D eigenvalue weighted by atomic mass is 16.4. The molecule has 1 saturated carbocycles. The van der Waals surface area contributed by atoms with Crippen molar-refractivity contribution >= 4 is 22.7 Å². The number of unbranched alkanes of at least 4 members (excludes halogenated alkanes) is 1. The fourth-order valence-corrected chi connectivity index (χ4v) is 2.58. The fraction of sp³-hybridized carbons (Fsp3) is 0.438. The van der Waals surface area contributed by atoms with Gasteiger partial charge in [0.25, 0.3) is 0 Å². The quantitative estimate of drug-likeness (QED) is 0.883. The summed E-state index contributed by atoms with van der Waals surface area (Å²) in [5, 5.41) is 10.0. The van der Waals surface area contributed by atoms with Crippen molar-refractivity contribution in [3.8, 4) is 0 Å². The van der Waals surface area contributed by atoms with Gasteiger partial charge in [-0.25, -0.2) is 14.8 Å². The summed E-state index contributed by atoms with van der Waals surface area (Å²) in [6.45, 7) is 3.18. The predicted octanol–water partition coefficient (Wildman–Crippen LogP) is 3.10. The van der Waals surface area contributed by atoms with Gasteiger partial charge in [-0.15, -0.1) is 0 Å². The predicted molar refractivity (Wildman–Crippen MR) is 81.8 cm³/mol. The minimum atomic E-state index is -0.929. The van der Waals surface area contributed by atoms with Crippen LogP contribution in [0.1, 0.15) is 43.0 Å². The average Bonchev–Trinajstić information content (AvgIpc) is 3.32. The number of rotatable bonds is 6. The highest BCUT2D eigenvalue weighted by Gasteiger charge is 2.30. The van der Waals surface area contributed by atoms with Crippen LogP contribution < -0.4 is 4.90 Å². The van der Waals surface area contributed by atoms with Crippen LogP contribution in [0, 0.1) is 0 Å². The number of carboxylic acids is 1. The molecule has 2 aromatic rings. The summed E-state index contributed by atoms with van der Waals surface area (Å²) in [5.74, 6) is 0.00924. The molecule has 21 heavy (non-hydrogen) atoms. The summed E-state index contributed by atoms with van der Waals surface area (Å²) in [6, 6.07) is 5.65. The van der Waals surface area contributed by atoms with E-state index < -0.39 is 5.97 Å². The number of hydrogen-bond acceptors (Lipinski definition) is 4. The smallest absolute Gasteiger partial charge is 0.335 e. The van der Waals surface area contributed by atoms with Gasteiger partial charge in [0.05, 0.1) is 11.1 Å². The molecule has 5 heteroatoms. The van der Waals surface area contributed by atoms with E-state index in [4.69, 9.17) is 5.11 Å². The Labute approximate surface area is 123 Å². The van der Waals surface area contributed by atoms with Crippen LogP contribution >= 0.6 is 0 Å². The van der Waals surface area contributed by atoms with E-state index in [0.29, 0.717) is 11.6 Å². The number of fused-ring (bicyclic) bond motifs is 1. The normalized spacial score (nSPS) is 14.3. The largest absolute Gasteiger partial charge is 0.478 e. The summed E-state index contributed by atoms with van der Waals surface area (Å²) >= 11 is 0. The molecule has 0 radical (unpaired) electrons. The molecule has 1 aromatic heterocycles. The van der Waals surface area contributed by atoms with Crippen LogP contribution in [-0.2, 0) is 0 Å². The van der Waals surface area contributed by atoms with E-state index >= 15 is 0 Å². The Hall–Kier alpha value is -2.17. The summed E-state index contributed by atoms with van der Waals surface area (Å²) in [7, 11) is 0. The molecular formula is C16H19N3O2. The Bertz CT molecular complexity index is 668. The van der Waals surface area contributed by atoms with Gasteiger partial charge >= 0.3 is 5.97 Å². The van der Waals surface area contributed by atoms with Gasteiger partial charge in [0.2, 0.25) is 0 Å². The number of anilines is 1. The highest BCUT2D eigenvalue weighted by Crippen LogP contribution is 2.34. The van der Waals surface area contributed by atoms with E-state index in [0.717, 1.165) is 30.6 Å². The molecule has 1 aromatic carbocycles. The van der Waals surface area contributed by atoms with E-state index in [9.17, 15) is 4.79 Å². The molecule has 1 aliphatic rings. The molecule has 5 nitrogen and oxygen atoms in total. The molecule has 3 rings (SSSR count). The van der Waals surface area contributed by atoms with E-state index in [2.05, 4.69) is 21.8 Å². The number of aromatic nitrogens is 2. The van der Waals surface area contributed by atoms with Gasteiger partial charge in [0.15, 0.2) is 0 Å². The third-order valence-electron chi connectivity index (χ3n) is 3.87. The van der Waals surface area contributed by atoms with Gasteiger partial charge in [0, 0.05) is 18.0 Å². The number of aromatic carboxylic acids is 1. The zero-order valence-electron chi connectivity index (χ0n) is 12.1. The molecule has 0 aliphatic heterocycles. The molecule has 0 unspecified atom stereocenters. The van der Waals surface area contributed by atoms with Crippen molar-refractivity contribution in [2.24, 2.45) is 0 Å². The van der Waals surface area contributed by atoms with Crippen LogP contribution in [0.2, 0.25) is 0 Å². The zero-order valence-corrected chi connectivity index (χ0v) is 12.1. The maximum absolute atomic E-state index is 11.1. The van der Waals surface area contributed by atoms with E-state index in [1.807, 2.05) is 6.07 Å². The first-order valence-corrected chi connectivity index (χ1v) is 7.45. The Morgan fingerprint density at radius 1 is 1.38 bits per heavy atom. The van der Waals surface area contributed by atoms with Crippen molar-refractivity contribution in [2.75, 3.05) is 11.4 Å². The summed E-state index contributed by atoms with van der Waals surface area (Å²) < 4.78 is 0. The maximum atomic E-state index is 11.1. The number of hydrogen-bond donors (Lipinski definition) is 1. The summed E-state index contributed by atoms with van der Waals surface area (Å²) in [5.41, 5.74) is 0.959. The van der Waals surface area contributed by atoms with Crippen molar-refractivity contribution in [2.45, 2.75) is 38.6 Å². The van der Waals surface area contributed by atoms with Crippen LogP contribution in [0.4, 0.5) is 5.82 Å². The lowest BCUT2D eigenvalue weighted by atomic mass is 10.1. The summed E-state index contributed by atoms with van der Waals surface area (Å²) in [4.78, 5) is 22.1. The van der Waals surface area contributed by atoms with Crippen molar-refractivity contribution in [3.63, 3.8) is 0 Å². The molecule has 1 aliphatic carbocycles. The van der Waals surface area contributed by atoms with Crippen molar-refractivity contribution < 1.29 is 9.90 Å². The molecule has 0 amide bonds. The Balaban J connectivity index is 2.02. The molecule has 110 valence electrons. The maximum Gasteiger partial charge on any atom is 0.335 e. The van der Waals surface area contributed by atoms with Gasteiger partial charge in [-0.05, 0) is 37.5 Å². The van der Waals surface area contributed by atoms with Gasteiger partial charge in [-0.1, -0.05) is 13.3 Å². The third kappa shape index (κ3) is 2.82. The number of carbonyl (C=O) groups is 1. The van der Waals surface area contributed by atoms with E-state index in [-0.39, 0.29) is 5.56 Å². The second-order valence-corrected chi connectivity index (χ2v) is 5.51. The Morgan fingerprint density at radius 3 is 2.86 bits per heavy atom. The lowest BCUT2D eigenvalue weighted by Crippen LogP contribution is -2.28. The minimum absolute atomic E-state index is 0.263. The SMILES string of the molecule is CCCCN(c1ncnc2cc(C(=O)O)ccc12)C1CC1. The van der Waals surface area contributed by atoms with Crippen LogP contribution in [-0.4, -0.2) is 33.6 Å². The van der Waals surface area contributed by atoms with Crippen molar-refractivity contribution in [1.82, 2.24) is 9.97 Å². The van der Waals surface area contributed by atoms with Crippen LogP contribution in [0.5, 0.6) is 0 Å². The number of carboxylic acid groups (broad SMARTS) is 1. The van der Waals surface area contributed by atoms with Crippen molar-refractivity contribution in [3.05, 3.63) is 30.1 Å². The topological polar surface area (TPSA) is 66.3 Å². The lowest BCUT2D eigenvalue weighted by Gasteiger charge is -2.24. The molecule has 1 N–H and O–H groups in total. The first kappa shape index (κ1) is 13.8. The Morgan fingerprint density at radius 2 is 2.19 bits per heavy atom. The standard InChI is InChI=1S/C16H19N3O2/c1-2-3-8-19(12-5-6-12)15-13-7-4-11(16(20)21)9-14(13)17-10-18-15/h4,7,9-10,12H,2-3,5-6,8H2,1H3,(H,20,21). The van der Waals surface area contributed by atoms with Crippen LogP contribution in [0.15, 0.2) is 24.5 Å². The lowest BCUT2D eigenvalue weighted by molar-refractivity contribution is 0.0697. The third-order valence-corrected chi connectivity index (χ3v) is 3.87. The second kappa shape index (κ2) is 5.68.